The van der Waals surface area contributed by atoms with Crippen LogP contribution >= 0.6 is 0 Å². The molecular formula is C26H33FN4. The van der Waals surface area contributed by atoms with E-state index in [-0.39, 0.29) is 11.4 Å². The number of nitrogens with one attached hydrogen (secondary N) is 2. The fraction of sp³-hybridized carbons (Fsp3) is 0.423. The van der Waals surface area contributed by atoms with Crippen molar-refractivity contribution in [3.63, 3.8) is 0 Å². The molecule has 4 rings (SSSR count). The van der Waals surface area contributed by atoms with Crippen molar-refractivity contribution < 1.29 is 4.39 Å². The third kappa shape index (κ3) is 5.16. The Kier molecular flexibility index (Phi) is 6.15. The average Bonchev–Trinajstić information content (AvgIpc) is 2.73. The van der Waals surface area contributed by atoms with Crippen LogP contribution in [0.4, 0.5) is 15.9 Å². The number of rotatable bonds is 5. The number of fused-ring (bicyclic) bond motifs is 1. The van der Waals surface area contributed by atoms with Gasteiger partial charge in [0.05, 0.1) is 11.2 Å². The SMILES string of the molecule is Cc1ccc(CNc2nc3ccccc3c(N3CCC(NC(C)(C)C)CC3)c2F)cc1. The molecule has 1 fully saturated rings. The minimum absolute atomic E-state index is 0.0918. The van der Waals surface area contributed by atoms with Crippen LogP contribution in [0.25, 0.3) is 10.9 Å². The Bertz CT molecular complexity index is 1030. The molecule has 0 spiro atoms. The van der Waals surface area contributed by atoms with E-state index < -0.39 is 0 Å². The van der Waals surface area contributed by atoms with Crippen LogP contribution in [0, 0.1) is 12.7 Å². The Labute approximate surface area is 184 Å². The van der Waals surface area contributed by atoms with E-state index in [9.17, 15) is 0 Å². The number of benzene rings is 2. The molecule has 5 heteroatoms. The summed E-state index contributed by atoms with van der Waals surface area (Å²) >= 11 is 0. The van der Waals surface area contributed by atoms with E-state index in [1.807, 2.05) is 24.3 Å². The molecule has 0 unspecified atom stereocenters. The molecule has 4 nitrogen and oxygen atoms in total. The highest BCUT2D eigenvalue weighted by atomic mass is 19.1. The van der Waals surface area contributed by atoms with Crippen molar-refractivity contribution in [2.24, 2.45) is 0 Å². The van der Waals surface area contributed by atoms with Crippen molar-refractivity contribution in [1.82, 2.24) is 10.3 Å². The summed E-state index contributed by atoms with van der Waals surface area (Å²) in [6, 6.07) is 16.6. The van der Waals surface area contributed by atoms with Gasteiger partial charge in [-0.1, -0.05) is 48.0 Å². The molecule has 1 aliphatic rings. The maximum absolute atomic E-state index is 15.7. The van der Waals surface area contributed by atoms with Gasteiger partial charge in [0.1, 0.15) is 0 Å². The first kappa shape index (κ1) is 21.6. The van der Waals surface area contributed by atoms with Gasteiger partial charge in [-0.15, -0.1) is 0 Å². The summed E-state index contributed by atoms with van der Waals surface area (Å²) in [6.07, 6.45) is 2.00. The zero-order valence-electron chi connectivity index (χ0n) is 19.0. The quantitative estimate of drug-likeness (QED) is 0.559. The van der Waals surface area contributed by atoms with Crippen LogP contribution < -0.4 is 15.5 Å². The molecule has 3 aromatic rings. The van der Waals surface area contributed by atoms with Crippen LogP contribution in [-0.2, 0) is 6.54 Å². The molecule has 1 aromatic heterocycles. The predicted octanol–water partition coefficient (Wildman–Crippen LogP) is 5.65. The van der Waals surface area contributed by atoms with Crippen LogP contribution in [0.2, 0.25) is 0 Å². The molecule has 1 saturated heterocycles. The number of piperidine rings is 1. The predicted molar refractivity (Wildman–Crippen MR) is 128 cm³/mol. The number of para-hydroxylation sites is 1. The van der Waals surface area contributed by atoms with E-state index in [0.717, 1.165) is 42.4 Å². The van der Waals surface area contributed by atoms with Crippen molar-refractivity contribution in [3.8, 4) is 0 Å². The van der Waals surface area contributed by atoms with Crippen LogP contribution in [0.15, 0.2) is 48.5 Å². The van der Waals surface area contributed by atoms with Crippen molar-refractivity contribution in [3.05, 3.63) is 65.5 Å². The van der Waals surface area contributed by atoms with Gasteiger partial charge in [-0.25, -0.2) is 9.37 Å². The monoisotopic (exact) mass is 420 g/mol. The number of aryl methyl sites for hydroxylation is 1. The fourth-order valence-corrected chi connectivity index (χ4v) is 4.35. The molecular weight excluding hydrogens is 387 g/mol. The van der Waals surface area contributed by atoms with Crippen molar-refractivity contribution in [2.45, 2.75) is 58.7 Å². The van der Waals surface area contributed by atoms with Gasteiger partial charge < -0.3 is 15.5 Å². The van der Waals surface area contributed by atoms with Crippen LogP contribution in [0.5, 0.6) is 0 Å². The van der Waals surface area contributed by atoms with E-state index in [2.05, 4.69) is 72.5 Å². The normalized spacial score (nSPS) is 15.5. The highest BCUT2D eigenvalue weighted by molar-refractivity contribution is 5.94. The summed E-state index contributed by atoms with van der Waals surface area (Å²) in [6.45, 7) is 10.9. The van der Waals surface area contributed by atoms with E-state index >= 15 is 4.39 Å². The highest BCUT2D eigenvalue weighted by Gasteiger charge is 2.27. The summed E-state index contributed by atoms with van der Waals surface area (Å²) < 4.78 is 15.7. The van der Waals surface area contributed by atoms with Gasteiger partial charge in [-0.2, -0.15) is 0 Å². The lowest BCUT2D eigenvalue weighted by atomic mass is 9.99. The Morgan fingerprint density at radius 2 is 1.71 bits per heavy atom. The topological polar surface area (TPSA) is 40.2 Å². The number of hydrogen-bond donors (Lipinski definition) is 2. The maximum Gasteiger partial charge on any atom is 0.189 e. The zero-order valence-corrected chi connectivity index (χ0v) is 19.0. The lowest BCUT2D eigenvalue weighted by Crippen LogP contribution is -2.49. The van der Waals surface area contributed by atoms with Crippen LogP contribution in [0.3, 0.4) is 0 Å². The van der Waals surface area contributed by atoms with Gasteiger partial charge in [-0.05, 0) is 52.2 Å². The summed E-state index contributed by atoms with van der Waals surface area (Å²) in [4.78, 5) is 6.79. The highest BCUT2D eigenvalue weighted by Crippen LogP contribution is 2.34. The van der Waals surface area contributed by atoms with Gasteiger partial charge in [0, 0.05) is 36.6 Å². The van der Waals surface area contributed by atoms with Crippen molar-refractivity contribution in [2.75, 3.05) is 23.3 Å². The number of nitrogens with zero attached hydrogens (tertiary/aromatic N) is 2. The molecule has 1 aliphatic heterocycles. The van der Waals surface area contributed by atoms with Crippen LogP contribution in [0.1, 0.15) is 44.7 Å². The van der Waals surface area contributed by atoms with Gasteiger partial charge >= 0.3 is 0 Å². The number of anilines is 2. The van der Waals surface area contributed by atoms with Gasteiger partial charge in [0.2, 0.25) is 0 Å². The lowest BCUT2D eigenvalue weighted by Gasteiger charge is -2.38. The molecule has 0 amide bonds. The van der Waals surface area contributed by atoms with Crippen molar-refractivity contribution >= 4 is 22.4 Å². The molecule has 2 N–H and O–H groups in total. The van der Waals surface area contributed by atoms with E-state index in [1.54, 1.807) is 0 Å². The van der Waals surface area contributed by atoms with Crippen molar-refractivity contribution in [1.29, 1.82) is 0 Å². The minimum atomic E-state index is -0.256. The second-order valence-corrected chi connectivity index (χ2v) is 9.63. The second-order valence-electron chi connectivity index (χ2n) is 9.63. The third-order valence-electron chi connectivity index (χ3n) is 5.84. The Hall–Kier alpha value is -2.66. The number of pyridine rings is 1. The summed E-state index contributed by atoms with van der Waals surface area (Å²) in [5, 5.41) is 7.80. The fourth-order valence-electron chi connectivity index (χ4n) is 4.35. The molecule has 164 valence electrons. The maximum atomic E-state index is 15.7. The first-order valence-corrected chi connectivity index (χ1v) is 11.2. The molecule has 0 saturated carbocycles. The lowest BCUT2D eigenvalue weighted by molar-refractivity contribution is 0.316. The Balaban J connectivity index is 1.59. The van der Waals surface area contributed by atoms with Crippen LogP contribution in [-0.4, -0.2) is 29.7 Å². The smallest absolute Gasteiger partial charge is 0.189 e. The molecule has 0 radical (unpaired) electrons. The van der Waals surface area contributed by atoms with Gasteiger partial charge in [0.25, 0.3) is 0 Å². The van der Waals surface area contributed by atoms with E-state index in [4.69, 9.17) is 0 Å². The molecule has 2 heterocycles. The Morgan fingerprint density at radius 1 is 1.03 bits per heavy atom. The molecule has 31 heavy (non-hydrogen) atoms. The Morgan fingerprint density at radius 3 is 2.39 bits per heavy atom. The zero-order chi connectivity index (χ0) is 22.0. The van der Waals surface area contributed by atoms with Gasteiger partial charge in [0.15, 0.2) is 11.6 Å². The molecule has 0 atom stereocenters. The largest absolute Gasteiger partial charge is 0.368 e. The number of halogens is 1. The number of hydrogen-bond acceptors (Lipinski definition) is 4. The summed E-state index contributed by atoms with van der Waals surface area (Å²) in [5.41, 5.74) is 3.90. The molecule has 0 aliphatic carbocycles. The van der Waals surface area contributed by atoms with E-state index in [1.165, 1.54) is 5.56 Å². The third-order valence-corrected chi connectivity index (χ3v) is 5.84. The minimum Gasteiger partial charge on any atom is -0.368 e. The standard InChI is InChI=1S/C26H33FN4/c1-18-9-11-19(12-10-18)17-28-25-23(27)24(21-7-5-6-8-22(21)29-25)31-15-13-20(14-16-31)30-26(2,3)4/h5-12,20,30H,13-17H2,1-4H3,(H,28,29). The first-order chi connectivity index (χ1) is 14.8. The number of aromatic nitrogens is 1. The second kappa shape index (κ2) is 8.83. The first-order valence-electron chi connectivity index (χ1n) is 11.2. The molecule has 0 bridgehead atoms. The summed E-state index contributed by atoms with van der Waals surface area (Å²) in [5.74, 6) is 0.0669. The summed E-state index contributed by atoms with van der Waals surface area (Å²) in [7, 11) is 0. The average molecular weight is 421 g/mol. The van der Waals surface area contributed by atoms with Gasteiger partial charge in [-0.3, -0.25) is 0 Å². The molecule has 2 aromatic carbocycles. The van der Waals surface area contributed by atoms with E-state index in [0.29, 0.717) is 24.1 Å².